The maximum atomic E-state index is 12.9. The summed E-state index contributed by atoms with van der Waals surface area (Å²) in [4.78, 5) is 27.1. The van der Waals surface area contributed by atoms with Gasteiger partial charge in [0.25, 0.3) is 0 Å². The van der Waals surface area contributed by atoms with E-state index in [0.29, 0.717) is 19.7 Å². The van der Waals surface area contributed by atoms with Crippen LogP contribution < -0.4 is 15.0 Å². The first-order valence-electron chi connectivity index (χ1n) is 11.6. The van der Waals surface area contributed by atoms with Crippen LogP contribution in [0.25, 0.3) is 0 Å². The van der Waals surface area contributed by atoms with Gasteiger partial charge < -0.3 is 15.0 Å². The van der Waals surface area contributed by atoms with E-state index in [1.165, 1.54) is 11.1 Å². The monoisotopic (exact) mass is 442 g/mol. The SMILES string of the molecule is CCOc1ccc(N2C[C@H](C(=O)NCCC(c3ccccc3)c3ccccc3)CC2=O)cc1. The minimum atomic E-state index is -0.337. The highest BCUT2D eigenvalue weighted by Gasteiger charge is 2.35. The highest BCUT2D eigenvalue weighted by Crippen LogP contribution is 2.29. The minimum Gasteiger partial charge on any atom is -0.494 e. The van der Waals surface area contributed by atoms with Crippen molar-refractivity contribution in [1.29, 1.82) is 0 Å². The number of rotatable bonds is 9. The Morgan fingerprint density at radius 1 is 0.970 bits per heavy atom. The highest BCUT2D eigenvalue weighted by molar-refractivity contribution is 6.00. The number of hydrogen-bond donors (Lipinski definition) is 1. The number of nitrogens with zero attached hydrogens (tertiary/aromatic N) is 1. The molecule has 1 N–H and O–H groups in total. The second-order valence-electron chi connectivity index (χ2n) is 8.29. The van der Waals surface area contributed by atoms with Gasteiger partial charge in [0.05, 0.1) is 12.5 Å². The molecule has 0 saturated carbocycles. The van der Waals surface area contributed by atoms with E-state index in [-0.39, 0.29) is 30.1 Å². The summed E-state index contributed by atoms with van der Waals surface area (Å²) < 4.78 is 5.47. The van der Waals surface area contributed by atoms with Gasteiger partial charge in [0, 0.05) is 31.1 Å². The van der Waals surface area contributed by atoms with Crippen molar-refractivity contribution in [1.82, 2.24) is 5.32 Å². The number of nitrogens with one attached hydrogen (secondary N) is 1. The summed E-state index contributed by atoms with van der Waals surface area (Å²) in [5.74, 6) is 0.560. The summed E-state index contributed by atoms with van der Waals surface area (Å²) in [5, 5.41) is 3.08. The van der Waals surface area contributed by atoms with Crippen molar-refractivity contribution >= 4 is 17.5 Å². The van der Waals surface area contributed by atoms with E-state index in [1.54, 1.807) is 4.90 Å². The fourth-order valence-corrected chi connectivity index (χ4v) is 4.40. The maximum absolute atomic E-state index is 12.9. The van der Waals surface area contributed by atoms with Gasteiger partial charge in [0.2, 0.25) is 11.8 Å². The molecule has 0 bridgehead atoms. The Bertz CT molecular complexity index is 1010. The topological polar surface area (TPSA) is 58.6 Å². The van der Waals surface area contributed by atoms with Crippen LogP contribution in [0.3, 0.4) is 0 Å². The normalized spacial score (nSPS) is 15.6. The van der Waals surface area contributed by atoms with Gasteiger partial charge in [-0.15, -0.1) is 0 Å². The molecule has 1 fully saturated rings. The summed E-state index contributed by atoms with van der Waals surface area (Å²) in [6.07, 6.45) is 1.03. The van der Waals surface area contributed by atoms with Crippen molar-refractivity contribution in [2.45, 2.75) is 25.7 Å². The molecular formula is C28H30N2O3. The zero-order valence-electron chi connectivity index (χ0n) is 18.9. The Labute approximate surface area is 195 Å². The van der Waals surface area contributed by atoms with Crippen LogP contribution in [0.1, 0.15) is 36.8 Å². The van der Waals surface area contributed by atoms with Crippen LogP contribution in [0.4, 0.5) is 5.69 Å². The number of benzene rings is 3. The van der Waals surface area contributed by atoms with Crippen LogP contribution in [-0.4, -0.2) is 31.5 Å². The number of ether oxygens (including phenoxy) is 1. The van der Waals surface area contributed by atoms with Crippen molar-refractivity contribution < 1.29 is 14.3 Å². The van der Waals surface area contributed by atoms with Gasteiger partial charge in [0.1, 0.15) is 5.75 Å². The van der Waals surface area contributed by atoms with Crippen molar-refractivity contribution in [2.75, 3.05) is 24.6 Å². The van der Waals surface area contributed by atoms with Gasteiger partial charge in [-0.3, -0.25) is 9.59 Å². The fraction of sp³-hybridized carbons (Fsp3) is 0.286. The lowest BCUT2D eigenvalue weighted by molar-refractivity contribution is -0.126. The Hall–Kier alpha value is -3.60. The molecule has 0 unspecified atom stereocenters. The van der Waals surface area contributed by atoms with Crippen molar-refractivity contribution in [3.63, 3.8) is 0 Å². The molecule has 1 aliphatic heterocycles. The quantitative estimate of drug-likeness (QED) is 0.519. The molecule has 2 amide bonds. The molecule has 3 aromatic rings. The Morgan fingerprint density at radius 3 is 2.15 bits per heavy atom. The number of anilines is 1. The molecule has 5 heteroatoms. The first kappa shape index (κ1) is 22.6. The van der Waals surface area contributed by atoms with Gasteiger partial charge in [-0.25, -0.2) is 0 Å². The third-order valence-electron chi connectivity index (χ3n) is 6.09. The molecule has 1 heterocycles. The first-order chi connectivity index (χ1) is 16.2. The summed E-state index contributed by atoms with van der Waals surface area (Å²) in [7, 11) is 0. The standard InChI is InChI=1S/C28H30N2O3/c1-2-33-25-15-13-24(14-16-25)30-20-23(19-27(30)31)28(32)29-18-17-26(21-9-5-3-6-10-21)22-11-7-4-8-12-22/h3-16,23,26H,2,17-20H2,1H3,(H,29,32)/t23-/m1/s1. The summed E-state index contributed by atoms with van der Waals surface area (Å²) in [5.41, 5.74) is 3.26. The molecule has 1 saturated heterocycles. The Morgan fingerprint density at radius 2 is 1.58 bits per heavy atom. The molecule has 170 valence electrons. The van der Waals surface area contributed by atoms with E-state index in [1.807, 2.05) is 67.6 Å². The Balaban J connectivity index is 1.35. The predicted molar refractivity (Wildman–Crippen MR) is 130 cm³/mol. The predicted octanol–water partition coefficient (Wildman–Crippen LogP) is 4.78. The van der Waals surface area contributed by atoms with Crippen molar-refractivity contribution in [2.24, 2.45) is 5.92 Å². The van der Waals surface area contributed by atoms with Crippen LogP contribution in [0, 0.1) is 5.92 Å². The second kappa shape index (κ2) is 10.8. The minimum absolute atomic E-state index is 0.0224. The first-order valence-corrected chi connectivity index (χ1v) is 11.6. The van der Waals surface area contributed by atoms with E-state index >= 15 is 0 Å². The van der Waals surface area contributed by atoms with E-state index in [9.17, 15) is 9.59 Å². The highest BCUT2D eigenvalue weighted by atomic mass is 16.5. The van der Waals surface area contributed by atoms with E-state index in [2.05, 4.69) is 29.6 Å². The maximum Gasteiger partial charge on any atom is 0.227 e. The molecule has 0 aromatic heterocycles. The second-order valence-corrected chi connectivity index (χ2v) is 8.29. The molecule has 1 atom stereocenters. The van der Waals surface area contributed by atoms with Crippen LogP contribution in [-0.2, 0) is 9.59 Å². The fourth-order valence-electron chi connectivity index (χ4n) is 4.40. The molecule has 5 nitrogen and oxygen atoms in total. The van der Waals surface area contributed by atoms with Crippen LogP contribution >= 0.6 is 0 Å². The number of carbonyl (C=O) groups is 2. The van der Waals surface area contributed by atoms with Gasteiger partial charge in [-0.05, 0) is 48.7 Å². The molecule has 0 spiro atoms. The van der Waals surface area contributed by atoms with Crippen LogP contribution in [0.15, 0.2) is 84.9 Å². The Kier molecular flexibility index (Phi) is 7.40. The van der Waals surface area contributed by atoms with Crippen molar-refractivity contribution in [3.8, 4) is 5.75 Å². The lowest BCUT2D eigenvalue weighted by Gasteiger charge is -2.19. The van der Waals surface area contributed by atoms with Crippen LogP contribution in [0.2, 0.25) is 0 Å². The summed E-state index contributed by atoms with van der Waals surface area (Å²) in [6, 6.07) is 28.2. The lowest BCUT2D eigenvalue weighted by atomic mass is 9.88. The average molecular weight is 443 g/mol. The third kappa shape index (κ3) is 5.61. The van der Waals surface area contributed by atoms with E-state index in [4.69, 9.17) is 4.74 Å². The zero-order valence-corrected chi connectivity index (χ0v) is 18.9. The molecule has 1 aliphatic rings. The average Bonchev–Trinajstić information content (AvgIpc) is 3.25. The van der Waals surface area contributed by atoms with Crippen molar-refractivity contribution in [3.05, 3.63) is 96.1 Å². The van der Waals surface area contributed by atoms with Gasteiger partial charge in [-0.1, -0.05) is 60.7 Å². The molecular weight excluding hydrogens is 412 g/mol. The van der Waals surface area contributed by atoms with E-state index < -0.39 is 0 Å². The molecule has 0 aliphatic carbocycles. The molecule has 33 heavy (non-hydrogen) atoms. The van der Waals surface area contributed by atoms with Gasteiger partial charge >= 0.3 is 0 Å². The summed E-state index contributed by atoms with van der Waals surface area (Å²) >= 11 is 0. The van der Waals surface area contributed by atoms with Crippen LogP contribution in [0.5, 0.6) is 5.75 Å². The smallest absolute Gasteiger partial charge is 0.227 e. The number of amides is 2. The van der Waals surface area contributed by atoms with Gasteiger partial charge in [0.15, 0.2) is 0 Å². The zero-order chi connectivity index (χ0) is 23.0. The lowest BCUT2D eigenvalue weighted by Crippen LogP contribution is -2.34. The number of hydrogen-bond acceptors (Lipinski definition) is 3. The largest absolute Gasteiger partial charge is 0.494 e. The molecule has 3 aromatic carbocycles. The number of carbonyl (C=O) groups excluding carboxylic acids is 2. The third-order valence-corrected chi connectivity index (χ3v) is 6.09. The van der Waals surface area contributed by atoms with Gasteiger partial charge in [-0.2, -0.15) is 0 Å². The summed E-state index contributed by atoms with van der Waals surface area (Å²) in [6.45, 7) is 3.49. The van der Waals surface area contributed by atoms with E-state index in [0.717, 1.165) is 17.9 Å². The molecule has 0 radical (unpaired) electrons. The molecule has 4 rings (SSSR count).